The van der Waals surface area contributed by atoms with Crippen molar-refractivity contribution in [3.8, 4) is 0 Å². The Morgan fingerprint density at radius 1 is 1.56 bits per heavy atom. The molecule has 0 aliphatic rings. The van der Waals surface area contributed by atoms with Gasteiger partial charge in [-0.1, -0.05) is 0 Å². The lowest BCUT2D eigenvalue weighted by atomic mass is 10.8. The van der Waals surface area contributed by atoms with Crippen LogP contribution in [0.25, 0.3) is 0 Å². The molecule has 1 aromatic heterocycles. The van der Waals surface area contributed by atoms with Gasteiger partial charge < -0.3 is 0 Å². The second-order valence-corrected chi connectivity index (χ2v) is 5.11. The Morgan fingerprint density at radius 3 is 2.44 bits per heavy atom. The van der Waals surface area contributed by atoms with Gasteiger partial charge in [-0.15, -0.1) is 0 Å². The molecule has 0 unspecified atom stereocenters. The highest BCUT2D eigenvalue weighted by molar-refractivity contribution is 8.11. The van der Waals surface area contributed by atoms with E-state index in [4.69, 9.17) is 22.8 Å². The summed E-state index contributed by atoms with van der Waals surface area (Å²) in [6.07, 6.45) is 3.27. The lowest BCUT2D eigenvalue weighted by molar-refractivity contribution is 0.980. The number of hydrogen-bond acceptors (Lipinski definition) is 2. The Kier molecular flexibility index (Phi) is 1.68. The first-order valence-electron chi connectivity index (χ1n) is 2.28. The van der Waals surface area contributed by atoms with Gasteiger partial charge in [-0.25, -0.2) is 4.45 Å². The van der Waals surface area contributed by atoms with Crippen LogP contribution >= 0.6 is 6.49 Å². The van der Waals surface area contributed by atoms with E-state index in [9.17, 15) is 0 Å². The van der Waals surface area contributed by atoms with Crippen LogP contribution in [0.1, 0.15) is 0 Å². The molecule has 50 valence electrons. The van der Waals surface area contributed by atoms with Crippen LogP contribution in [-0.4, -0.2) is 9.55 Å². The van der Waals surface area contributed by atoms with Gasteiger partial charge >= 0.3 is 0 Å². The van der Waals surface area contributed by atoms with E-state index < -0.39 is 6.49 Å². The van der Waals surface area contributed by atoms with Gasteiger partial charge in [-0.3, -0.25) is 11.0 Å². The molecule has 0 fully saturated rings. The van der Waals surface area contributed by atoms with E-state index in [1.807, 2.05) is 0 Å². The topological polar surface area (TPSA) is 69.9 Å². The minimum Gasteiger partial charge on any atom is -0.274 e. The summed E-state index contributed by atoms with van der Waals surface area (Å²) < 4.78 is 1.42. The largest absolute Gasteiger partial charge is 0.274 e. The molecule has 0 amide bonds. The van der Waals surface area contributed by atoms with E-state index >= 15 is 0 Å². The molecule has 4 N–H and O–H groups in total. The summed E-state index contributed by atoms with van der Waals surface area (Å²) in [5, 5.41) is 3.80. The smallest absolute Gasteiger partial charge is 0.178 e. The lowest BCUT2D eigenvalue weighted by Crippen LogP contribution is -2.12. The third-order valence-electron chi connectivity index (χ3n) is 0.811. The molecule has 0 aliphatic heterocycles. The lowest BCUT2D eigenvalue weighted by Gasteiger charge is -2.08. The van der Waals surface area contributed by atoms with E-state index in [0.717, 1.165) is 0 Å². The van der Waals surface area contributed by atoms with Crippen molar-refractivity contribution < 1.29 is 0 Å². The van der Waals surface area contributed by atoms with Crippen molar-refractivity contribution in [2.24, 2.45) is 11.0 Å². The highest BCUT2D eigenvalue weighted by atomic mass is 32.4. The Hall–Kier alpha value is -0.220. The molecule has 0 saturated heterocycles. The zero-order valence-corrected chi connectivity index (χ0v) is 6.35. The molecule has 6 heteroatoms. The van der Waals surface area contributed by atoms with E-state index in [1.165, 1.54) is 4.45 Å². The summed E-state index contributed by atoms with van der Waals surface area (Å²) in [5.41, 5.74) is 10.8. The molecule has 4 nitrogen and oxygen atoms in total. The van der Waals surface area contributed by atoms with Crippen LogP contribution in [0.4, 0.5) is 0 Å². The van der Waals surface area contributed by atoms with Gasteiger partial charge in [0.25, 0.3) is 0 Å². The summed E-state index contributed by atoms with van der Waals surface area (Å²) in [6.45, 7) is -2.33. The standard InChI is InChI=1S/C3H7N4PS/c4-8(5,9)7-3-1-2-6-7/h1-3H,(H4,4,5,9). The highest BCUT2D eigenvalue weighted by Crippen LogP contribution is 2.25. The molecular weight excluding hydrogens is 155 g/mol. The van der Waals surface area contributed by atoms with Crippen LogP contribution in [0, 0.1) is 0 Å². The summed E-state index contributed by atoms with van der Waals surface area (Å²) in [6, 6.07) is 1.74. The Balaban J connectivity index is 3.04. The van der Waals surface area contributed by atoms with E-state index in [2.05, 4.69) is 5.10 Å². The van der Waals surface area contributed by atoms with Gasteiger partial charge in [0.05, 0.1) is 0 Å². The molecule has 1 aromatic rings. The van der Waals surface area contributed by atoms with Gasteiger partial charge in [0.2, 0.25) is 0 Å². The fourth-order valence-electron chi connectivity index (χ4n) is 0.446. The first-order valence-corrected chi connectivity index (χ1v) is 5.18. The number of aromatic nitrogens is 2. The van der Waals surface area contributed by atoms with E-state index in [0.29, 0.717) is 0 Å². The Morgan fingerprint density at radius 2 is 2.22 bits per heavy atom. The van der Waals surface area contributed by atoms with Crippen molar-refractivity contribution in [1.29, 1.82) is 0 Å². The van der Waals surface area contributed by atoms with Gasteiger partial charge in [-0.05, 0) is 17.9 Å². The van der Waals surface area contributed by atoms with Crippen LogP contribution in [0.3, 0.4) is 0 Å². The summed E-state index contributed by atoms with van der Waals surface area (Å²) in [7, 11) is 0. The molecule has 0 radical (unpaired) electrons. The van der Waals surface area contributed by atoms with Crippen LogP contribution in [0.15, 0.2) is 18.5 Å². The normalized spacial score (nSPS) is 11.8. The maximum absolute atomic E-state index is 5.41. The molecule has 0 atom stereocenters. The summed E-state index contributed by atoms with van der Waals surface area (Å²) >= 11 is 4.77. The zero-order valence-electron chi connectivity index (χ0n) is 4.64. The summed E-state index contributed by atoms with van der Waals surface area (Å²) in [4.78, 5) is 0. The fraction of sp³-hybridized carbons (Fsp3) is 0. The van der Waals surface area contributed by atoms with Gasteiger partial charge in [0, 0.05) is 12.4 Å². The van der Waals surface area contributed by atoms with Gasteiger partial charge in [0.1, 0.15) is 0 Å². The second-order valence-electron chi connectivity index (χ2n) is 1.60. The highest BCUT2D eigenvalue weighted by Gasteiger charge is 2.03. The van der Waals surface area contributed by atoms with Crippen molar-refractivity contribution >= 4 is 18.3 Å². The predicted molar refractivity (Wildman–Crippen MR) is 40.3 cm³/mol. The quantitative estimate of drug-likeness (QED) is 0.564. The maximum Gasteiger partial charge on any atom is 0.178 e. The average molecular weight is 162 g/mol. The minimum absolute atomic E-state index is 1.42. The van der Waals surface area contributed by atoms with Crippen LogP contribution in [0.2, 0.25) is 0 Å². The number of rotatable bonds is 1. The number of nitrogens with two attached hydrogens (primary N) is 2. The van der Waals surface area contributed by atoms with E-state index in [1.54, 1.807) is 18.5 Å². The number of nitrogens with zero attached hydrogens (tertiary/aromatic N) is 2. The maximum atomic E-state index is 5.41. The minimum atomic E-state index is -2.33. The SMILES string of the molecule is NP(N)(=S)n1cccn1. The summed E-state index contributed by atoms with van der Waals surface area (Å²) in [5.74, 6) is 0. The van der Waals surface area contributed by atoms with Crippen molar-refractivity contribution in [3.05, 3.63) is 18.5 Å². The van der Waals surface area contributed by atoms with Crippen LogP contribution < -0.4 is 11.0 Å². The van der Waals surface area contributed by atoms with Crippen molar-refractivity contribution in [3.63, 3.8) is 0 Å². The van der Waals surface area contributed by atoms with Gasteiger partial charge in [-0.2, -0.15) is 5.10 Å². The Labute approximate surface area is 58.0 Å². The van der Waals surface area contributed by atoms with Crippen LogP contribution in [0.5, 0.6) is 0 Å². The van der Waals surface area contributed by atoms with Gasteiger partial charge in [0.15, 0.2) is 6.49 Å². The fourth-order valence-corrected chi connectivity index (χ4v) is 1.24. The monoisotopic (exact) mass is 162 g/mol. The third-order valence-corrected chi connectivity index (χ3v) is 2.19. The molecule has 0 aromatic carbocycles. The third kappa shape index (κ3) is 1.59. The molecule has 1 rings (SSSR count). The molecule has 0 saturated carbocycles. The van der Waals surface area contributed by atoms with Crippen molar-refractivity contribution in [2.45, 2.75) is 0 Å². The number of hydrogen-bond donors (Lipinski definition) is 2. The predicted octanol–water partition coefficient (Wildman–Crippen LogP) is -0.127. The molecule has 0 aliphatic carbocycles. The zero-order chi connectivity index (χ0) is 6.91. The Bertz CT molecular complexity index is 224. The average Bonchev–Trinajstić information content (AvgIpc) is 2.08. The molecule has 0 spiro atoms. The first kappa shape index (κ1) is 6.89. The van der Waals surface area contributed by atoms with Crippen molar-refractivity contribution in [2.75, 3.05) is 0 Å². The first-order chi connectivity index (χ1) is 4.11. The van der Waals surface area contributed by atoms with Crippen molar-refractivity contribution in [1.82, 2.24) is 9.55 Å². The molecule has 0 bridgehead atoms. The van der Waals surface area contributed by atoms with E-state index in [-0.39, 0.29) is 0 Å². The molecule has 9 heavy (non-hydrogen) atoms. The second kappa shape index (κ2) is 2.19. The molecular formula is C3H7N4PS. The van der Waals surface area contributed by atoms with Crippen LogP contribution in [-0.2, 0) is 11.8 Å². The molecule has 1 heterocycles.